The molecular weight excluding hydrogens is 160 g/mol. The molecule has 3 N–H and O–H groups in total. The summed E-state index contributed by atoms with van der Waals surface area (Å²) in [4.78, 5) is 10.3. The first-order valence-electron chi connectivity index (χ1n) is 3.84. The molecule has 1 unspecified atom stereocenters. The number of nitrogens with two attached hydrogens (primary N) is 1. The summed E-state index contributed by atoms with van der Waals surface area (Å²) in [6.45, 7) is 3.11. The van der Waals surface area contributed by atoms with E-state index in [9.17, 15) is 4.79 Å². The van der Waals surface area contributed by atoms with Gasteiger partial charge in [-0.1, -0.05) is 13.3 Å². The lowest BCUT2D eigenvalue weighted by Gasteiger charge is -2.08. The number of rotatable bonds is 6. The van der Waals surface area contributed by atoms with E-state index in [-0.39, 0.29) is 12.5 Å². The molecule has 0 heterocycles. The fraction of sp³-hybridized carbons (Fsp3) is 0.857. The van der Waals surface area contributed by atoms with Crippen LogP contribution in [-0.2, 0) is 4.79 Å². The van der Waals surface area contributed by atoms with Crippen LogP contribution in [0.1, 0.15) is 19.8 Å². The minimum atomic E-state index is -0.318. The average molecular weight is 176 g/mol. The summed E-state index contributed by atoms with van der Waals surface area (Å²) in [5.74, 6) is -0.318. The summed E-state index contributed by atoms with van der Waals surface area (Å²) >= 11 is 4.30. The van der Waals surface area contributed by atoms with Gasteiger partial charge < -0.3 is 11.1 Å². The van der Waals surface area contributed by atoms with Crippen molar-refractivity contribution in [3.63, 3.8) is 0 Å². The summed E-state index contributed by atoms with van der Waals surface area (Å²) in [5, 5.41) is 3.25. The minimum absolute atomic E-state index is 0.251. The van der Waals surface area contributed by atoms with Gasteiger partial charge in [-0.15, -0.1) is 0 Å². The van der Waals surface area contributed by atoms with Gasteiger partial charge in [-0.3, -0.25) is 4.79 Å². The second kappa shape index (κ2) is 6.49. The van der Waals surface area contributed by atoms with Crippen molar-refractivity contribution >= 4 is 18.5 Å². The predicted octanol–water partition coefficient (Wildman–Crippen LogP) is 0.160. The molecule has 0 spiro atoms. The lowest BCUT2D eigenvalue weighted by atomic mass is 10.2. The first-order valence-corrected chi connectivity index (χ1v) is 4.35. The van der Waals surface area contributed by atoms with Crippen molar-refractivity contribution in [3.05, 3.63) is 0 Å². The molecule has 0 aromatic rings. The average Bonchev–Trinajstić information content (AvgIpc) is 1.87. The number of thiol groups is 1. The van der Waals surface area contributed by atoms with Gasteiger partial charge in [-0.25, -0.2) is 0 Å². The van der Waals surface area contributed by atoms with Crippen LogP contribution in [0.5, 0.6) is 0 Å². The van der Waals surface area contributed by atoms with Crippen LogP contribution in [0, 0.1) is 0 Å². The van der Waals surface area contributed by atoms with E-state index in [1.54, 1.807) is 0 Å². The lowest BCUT2D eigenvalue weighted by molar-refractivity contribution is -0.117. The van der Waals surface area contributed by atoms with Crippen LogP contribution in [0.2, 0.25) is 0 Å². The van der Waals surface area contributed by atoms with Crippen molar-refractivity contribution in [3.8, 4) is 0 Å². The highest BCUT2D eigenvalue weighted by molar-refractivity contribution is 7.81. The van der Waals surface area contributed by atoms with E-state index in [0.717, 1.165) is 19.4 Å². The van der Waals surface area contributed by atoms with E-state index in [4.69, 9.17) is 5.73 Å². The molecule has 0 aliphatic rings. The monoisotopic (exact) mass is 176 g/mol. The van der Waals surface area contributed by atoms with Gasteiger partial charge in [0, 0.05) is 11.8 Å². The van der Waals surface area contributed by atoms with E-state index >= 15 is 0 Å². The highest BCUT2D eigenvalue weighted by Gasteiger charge is 2.00. The molecule has 0 radical (unpaired) electrons. The molecule has 11 heavy (non-hydrogen) atoms. The zero-order valence-electron chi connectivity index (χ0n) is 6.84. The third kappa shape index (κ3) is 7.68. The second-order valence-electron chi connectivity index (χ2n) is 2.54. The number of carbonyl (C=O) groups is 1. The molecule has 0 aromatic heterocycles. The number of hydrogen-bond acceptors (Lipinski definition) is 3. The Kier molecular flexibility index (Phi) is 6.36. The fourth-order valence-corrected chi connectivity index (χ4v) is 1.18. The molecule has 0 bridgehead atoms. The Morgan fingerprint density at radius 1 is 1.73 bits per heavy atom. The number of primary amides is 1. The molecule has 0 saturated carbocycles. The molecule has 4 heteroatoms. The summed E-state index contributed by atoms with van der Waals surface area (Å²) in [6.07, 6.45) is 2.18. The largest absolute Gasteiger partial charge is 0.369 e. The topological polar surface area (TPSA) is 55.1 Å². The van der Waals surface area contributed by atoms with E-state index < -0.39 is 0 Å². The van der Waals surface area contributed by atoms with Crippen molar-refractivity contribution in [1.29, 1.82) is 0 Å². The van der Waals surface area contributed by atoms with Gasteiger partial charge in [0.05, 0.1) is 6.54 Å². The molecule has 0 saturated heterocycles. The Bertz CT molecular complexity index is 119. The first-order chi connectivity index (χ1) is 5.16. The Morgan fingerprint density at radius 3 is 2.82 bits per heavy atom. The predicted molar refractivity (Wildman–Crippen MR) is 49.7 cm³/mol. The van der Waals surface area contributed by atoms with E-state index in [1.165, 1.54) is 0 Å². The van der Waals surface area contributed by atoms with Gasteiger partial charge in [0.15, 0.2) is 0 Å². The van der Waals surface area contributed by atoms with Crippen molar-refractivity contribution in [1.82, 2.24) is 5.32 Å². The maximum atomic E-state index is 10.3. The van der Waals surface area contributed by atoms with Crippen LogP contribution in [0.25, 0.3) is 0 Å². The molecule has 0 aliphatic heterocycles. The van der Waals surface area contributed by atoms with Crippen LogP contribution >= 0.6 is 12.6 Å². The standard InChI is InChI=1S/C7H16N2OS/c1-2-3-6(11)4-9-5-7(8)10/h6,9,11H,2-5H2,1H3,(H2,8,10). The highest BCUT2D eigenvalue weighted by atomic mass is 32.1. The number of carbonyl (C=O) groups excluding carboxylic acids is 1. The Labute approximate surface area is 73.1 Å². The highest BCUT2D eigenvalue weighted by Crippen LogP contribution is 2.01. The van der Waals surface area contributed by atoms with Gasteiger partial charge in [-0.2, -0.15) is 12.6 Å². The molecule has 66 valence electrons. The summed E-state index contributed by atoms with van der Waals surface area (Å²) < 4.78 is 0. The Hall–Kier alpha value is -0.220. The summed E-state index contributed by atoms with van der Waals surface area (Å²) in [6, 6.07) is 0. The van der Waals surface area contributed by atoms with Crippen molar-refractivity contribution in [2.75, 3.05) is 13.1 Å². The Morgan fingerprint density at radius 2 is 2.36 bits per heavy atom. The summed E-state index contributed by atoms with van der Waals surface area (Å²) in [7, 11) is 0. The van der Waals surface area contributed by atoms with Gasteiger partial charge >= 0.3 is 0 Å². The van der Waals surface area contributed by atoms with E-state index in [1.807, 2.05) is 0 Å². The SMILES string of the molecule is CCCC(S)CNCC(N)=O. The summed E-state index contributed by atoms with van der Waals surface area (Å²) in [5.41, 5.74) is 4.93. The maximum absolute atomic E-state index is 10.3. The van der Waals surface area contributed by atoms with Crippen molar-refractivity contribution < 1.29 is 4.79 Å². The van der Waals surface area contributed by atoms with Crippen LogP contribution in [0.4, 0.5) is 0 Å². The zero-order valence-corrected chi connectivity index (χ0v) is 7.73. The van der Waals surface area contributed by atoms with E-state index in [2.05, 4.69) is 24.9 Å². The molecule has 0 aromatic carbocycles. The number of hydrogen-bond donors (Lipinski definition) is 3. The van der Waals surface area contributed by atoms with Gasteiger partial charge in [0.25, 0.3) is 0 Å². The third-order valence-corrected chi connectivity index (χ3v) is 1.74. The smallest absolute Gasteiger partial charge is 0.231 e. The molecule has 0 rings (SSSR count). The normalized spacial score (nSPS) is 12.9. The zero-order chi connectivity index (χ0) is 8.69. The van der Waals surface area contributed by atoms with Crippen LogP contribution in [0.15, 0.2) is 0 Å². The van der Waals surface area contributed by atoms with Crippen LogP contribution in [-0.4, -0.2) is 24.2 Å². The number of amides is 1. The Balaban J connectivity index is 3.16. The molecular formula is C7H16N2OS. The fourth-order valence-electron chi connectivity index (χ4n) is 0.797. The molecule has 0 aliphatic carbocycles. The van der Waals surface area contributed by atoms with Crippen molar-refractivity contribution in [2.24, 2.45) is 5.73 Å². The first kappa shape index (κ1) is 10.8. The van der Waals surface area contributed by atoms with Crippen LogP contribution in [0.3, 0.4) is 0 Å². The third-order valence-electron chi connectivity index (χ3n) is 1.30. The molecule has 1 atom stereocenters. The molecule has 1 amide bonds. The second-order valence-corrected chi connectivity index (χ2v) is 3.27. The minimum Gasteiger partial charge on any atom is -0.369 e. The van der Waals surface area contributed by atoms with E-state index in [0.29, 0.717) is 5.25 Å². The quantitative estimate of drug-likeness (QED) is 0.505. The lowest BCUT2D eigenvalue weighted by Crippen LogP contribution is -2.32. The van der Waals surface area contributed by atoms with Crippen molar-refractivity contribution in [2.45, 2.75) is 25.0 Å². The maximum Gasteiger partial charge on any atom is 0.231 e. The van der Waals surface area contributed by atoms with Gasteiger partial charge in [0.1, 0.15) is 0 Å². The molecule has 0 fully saturated rings. The molecule has 3 nitrogen and oxygen atoms in total. The van der Waals surface area contributed by atoms with Gasteiger partial charge in [-0.05, 0) is 6.42 Å². The number of nitrogens with one attached hydrogen (secondary N) is 1. The van der Waals surface area contributed by atoms with Gasteiger partial charge in [0.2, 0.25) is 5.91 Å². The van der Waals surface area contributed by atoms with Crippen LogP contribution < -0.4 is 11.1 Å².